The number of para-hydroxylation sites is 1. The summed E-state index contributed by atoms with van der Waals surface area (Å²) in [6.45, 7) is 4.30. The van der Waals surface area contributed by atoms with E-state index in [9.17, 15) is 14.0 Å². The summed E-state index contributed by atoms with van der Waals surface area (Å²) in [6.07, 6.45) is 0.934. The molecule has 0 saturated carbocycles. The first kappa shape index (κ1) is 17.7. The van der Waals surface area contributed by atoms with E-state index in [1.807, 2.05) is 18.2 Å². The minimum Gasteiger partial charge on any atom is -0.344 e. The van der Waals surface area contributed by atoms with E-state index in [1.54, 1.807) is 18.2 Å². The summed E-state index contributed by atoms with van der Waals surface area (Å²) >= 11 is 0. The molecule has 0 aromatic heterocycles. The van der Waals surface area contributed by atoms with Crippen molar-refractivity contribution >= 4 is 17.5 Å². The summed E-state index contributed by atoms with van der Waals surface area (Å²) in [7, 11) is 0. The predicted molar refractivity (Wildman–Crippen MR) is 92.0 cm³/mol. The van der Waals surface area contributed by atoms with Gasteiger partial charge in [-0.15, -0.1) is 0 Å². The lowest BCUT2D eigenvalue weighted by atomic mass is 9.97. The molecule has 4 nitrogen and oxygen atoms in total. The van der Waals surface area contributed by atoms with Crippen molar-refractivity contribution in [2.75, 3.05) is 5.32 Å². The fraction of sp³-hybridized carbons (Fsp3) is 0.263. The predicted octanol–water partition coefficient (Wildman–Crippen LogP) is 3.59. The highest BCUT2D eigenvalue weighted by molar-refractivity contribution is 6.39. The number of nitrogens with one attached hydrogen (secondary N) is 2. The van der Waals surface area contributed by atoms with Crippen LogP contribution in [0.2, 0.25) is 0 Å². The van der Waals surface area contributed by atoms with Crippen LogP contribution in [-0.2, 0) is 16.1 Å². The van der Waals surface area contributed by atoms with Gasteiger partial charge in [-0.1, -0.05) is 44.2 Å². The van der Waals surface area contributed by atoms with E-state index in [-0.39, 0.29) is 18.3 Å². The molecule has 126 valence electrons. The number of carbonyl (C=O) groups excluding carboxylic acids is 2. The quantitative estimate of drug-likeness (QED) is 0.824. The first-order valence-corrected chi connectivity index (χ1v) is 7.93. The van der Waals surface area contributed by atoms with Crippen molar-refractivity contribution in [3.63, 3.8) is 0 Å². The zero-order valence-electron chi connectivity index (χ0n) is 13.8. The van der Waals surface area contributed by atoms with Gasteiger partial charge >= 0.3 is 11.8 Å². The zero-order valence-corrected chi connectivity index (χ0v) is 13.8. The average Bonchev–Trinajstić information content (AvgIpc) is 2.60. The molecule has 1 unspecified atom stereocenters. The SMILES string of the molecule is CCC(C)c1ccccc1NC(=O)C(=O)NCc1ccc(F)cc1. The van der Waals surface area contributed by atoms with Crippen LogP contribution in [0.25, 0.3) is 0 Å². The highest BCUT2D eigenvalue weighted by atomic mass is 19.1. The fourth-order valence-electron chi connectivity index (χ4n) is 2.30. The van der Waals surface area contributed by atoms with Crippen molar-refractivity contribution in [1.82, 2.24) is 5.32 Å². The highest BCUT2D eigenvalue weighted by Crippen LogP contribution is 2.26. The van der Waals surface area contributed by atoms with Crippen LogP contribution in [0.3, 0.4) is 0 Å². The number of halogens is 1. The van der Waals surface area contributed by atoms with Gasteiger partial charge in [-0.25, -0.2) is 4.39 Å². The normalized spacial score (nSPS) is 11.6. The van der Waals surface area contributed by atoms with Gasteiger partial charge in [-0.05, 0) is 41.7 Å². The molecule has 0 heterocycles. The van der Waals surface area contributed by atoms with E-state index in [0.717, 1.165) is 17.5 Å². The molecule has 5 heteroatoms. The molecule has 0 spiro atoms. The Morgan fingerprint density at radius 2 is 1.71 bits per heavy atom. The number of anilines is 1. The number of benzene rings is 2. The van der Waals surface area contributed by atoms with Gasteiger partial charge in [-0.2, -0.15) is 0 Å². The molecular weight excluding hydrogens is 307 g/mol. The van der Waals surface area contributed by atoms with E-state index in [1.165, 1.54) is 12.1 Å². The lowest BCUT2D eigenvalue weighted by Crippen LogP contribution is -2.35. The third kappa shape index (κ3) is 4.65. The Kier molecular flexibility index (Phi) is 6.07. The van der Waals surface area contributed by atoms with Crippen molar-refractivity contribution in [3.05, 3.63) is 65.5 Å². The van der Waals surface area contributed by atoms with Crippen molar-refractivity contribution in [3.8, 4) is 0 Å². The molecule has 0 saturated heterocycles. The lowest BCUT2D eigenvalue weighted by Gasteiger charge is -2.15. The molecule has 0 aliphatic heterocycles. The van der Waals surface area contributed by atoms with Crippen LogP contribution in [-0.4, -0.2) is 11.8 Å². The summed E-state index contributed by atoms with van der Waals surface area (Å²) in [5.41, 5.74) is 2.37. The molecule has 2 aromatic carbocycles. The van der Waals surface area contributed by atoms with Crippen LogP contribution in [0.5, 0.6) is 0 Å². The van der Waals surface area contributed by atoms with Crippen LogP contribution in [0.4, 0.5) is 10.1 Å². The number of amides is 2. The smallest absolute Gasteiger partial charge is 0.313 e. The lowest BCUT2D eigenvalue weighted by molar-refractivity contribution is -0.136. The second-order valence-electron chi connectivity index (χ2n) is 5.66. The zero-order chi connectivity index (χ0) is 17.5. The number of hydrogen-bond acceptors (Lipinski definition) is 2. The third-order valence-electron chi connectivity index (χ3n) is 3.92. The van der Waals surface area contributed by atoms with Crippen LogP contribution in [0.15, 0.2) is 48.5 Å². The molecule has 0 bridgehead atoms. The number of hydrogen-bond donors (Lipinski definition) is 2. The Morgan fingerprint density at radius 1 is 1.04 bits per heavy atom. The summed E-state index contributed by atoms with van der Waals surface area (Å²) < 4.78 is 12.8. The summed E-state index contributed by atoms with van der Waals surface area (Å²) in [5, 5.41) is 5.19. The van der Waals surface area contributed by atoms with E-state index >= 15 is 0 Å². The maximum absolute atomic E-state index is 12.8. The Labute approximate surface area is 141 Å². The van der Waals surface area contributed by atoms with Crippen molar-refractivity contribution in [2.24, 2.45) is 0 Å². The van der Waals surface area contributed by atoms with E-state index in [4.69, 9.17) is 0 Å². The highest BCUT2D eigenvalue weighted by Gasteiger charge is 2.16. The molecule has 0 radical (unpaired) electrons. The van der Waals surface area contributed by atoms with Gasteiger partial charge in [0, 0.05) is 12.2 Å². The maximum atomic E-state index is 12.8. The van der Waals surface area contributed by atoms with Gasteiger partial charge in [0.15, 0.2) is 0 Å². The standard InChI is InChI=1S/C19H21FN2O2/c1-3-13(2)16-6-4-5-7-17(16)22-19(24)18(23)21-12-14-8-10-15(20)11-9-14/h4-11,13H,3,12H2,1-2H3,(H,21,23)(H,22,24). The van der Waals surface area contributed by atoms with Crippen LogP contribution >= 0.6 is 0 Å². The summed E-state index contributed by atoms with van der Waals surface area (Å²) in [5.74, 6) is -1.50. The molecule has 0 fully saturated rings. The van der Waals surface area contributed by atoms with Gasteiger partial charge in [0.1, 0.15) is 5.82 Å². The van der Waals surface area contributed by atoms with E-state index < -0.39 is 11.8 Å². The fourth-order valence-corrected chi connectivity index (χ4v) is 2.30. The molecule has 24 heavy (non-hydrogen) atoms. The van der Waals surface area contributed by atoms with Crippen molar-refractivity contribution in [2.45, 2.75) is 32.7 Å². The van der Waals surface area contributed by atoms with Crippen molar-refractivity contribution in [1.29, 1.82) is 0 Å². The van der Waals surface area contributed by atoms with E-state index in [0.29, 0.717) is 5.69 Å². The first-order chi connectivity index (χ1) is 11.5. The van der Waals surface area contributed by atoms with Crippen LogP contribution in [0.1, 0.15) is 37.3 Å². The van der Waals surface area contributed by atoms with Gasteiger partial charge in [0.2, 0.25) is 0 Å². The second-order valence-corrected chi connectivity index (χ2v) is 5.66. The molecule has 2 aromatic rings. The Hall–Kier alpha value is -2.69. The molecule has 2 rings (SSSR count). The van der Waals surface area contributed by atoms with Gasteiger partial charge < -0.3 is 10.6 Å². The molecule has 0 aliphatic rings. The molecule has 2 amide bonds. The third-order valence-corrected chi connectivity index (χ3v) is 3.92. The molecule has 1 atom stereocenters. The number of carbonyl (C=O) groups is 2. The van der Waals surface area contributed by atoms with Gasteiger partial charge in [0.25, 0.3) is 0 Å². The van der Waals surface area contributed by atoms with E-state index in [2.05, 4.69) is 24.5 Å². The topological polar surface area (TPSA) is 58.2 Å². The molecule has 2 N–H and O–H groups in total. The Bertz CT molecular complexity index is 714. The maximum Gasteiger partial charge on any atom is 0.313 e. The first-order valence-electron chi connectivity index (χ1n) is 7.93. The summed E-state index contributed by atoms with van der Waals surface area (Å²) in [4.78, 5) is 24.0. The minimum atomic E-state index is -0.724. The van der Waals surface area contributed by atoms with Gasteiger partial charge in [0.05, 0.1) is 0 Å². The number of rotatable bonds is 5. The van der Waals surface area contributed by atoms with Crippen LogP contribution in [0, 0.1) is 5.82 Å². The Balaban J connectivity index is 1.97. The monoisotopic (exact) mass is 328 g/mol. The second kappa shape index (κ2) is 8.24. The Morgan fingerprint density at radius 3 is 2.38 bits per heavy atom. The average molecular weight is 328 g/mol. The van der Waals surface area contributed by atoms with Crippen LogP contribution < -0.4 is 10.6 Å². The minimum absolute atomic E-state index is 0.166. The molecule has 0 aliphatic carbocycles. The van der Waals surface area contributed by atoms with Crippen molar-refractivity contribution < 1.29 is 14.0 Å². The molecular formula is C19H21FN2O2. The summed E-state index contributed by atoms with van der Waals surface area (Å²) in [6, 6.07) is 13.2. The van der Waals surface area contributed by atoms with Gasteiger partial charge in [-0.3, -0.25) is 9.59 Å². The largest absolute Gasteiger partial charge is 0.344 e.